The minimum absolute atomic E-state index is 0.227. The quantitative estimate of drug-likeness (QED) is 0.517. The molecule has 152 valence electrons. The molecule has 8 heteroatoms. The van der Waals surface area contributed by atoms with E-state index in [1.54, 1.807) is 36.4 Å². The minimum atomic E-state index is -0.710. The zero-order valence-electron chi connectivity index (χ0n) is 15.8. The van der Waals surface area contributed by atoms with Gasteiger partial charge in [0.1, 0.15) is 5.75 Å². The number of anilines is 2. The van der Waals surface area contributed by atoms with Gasteiger partial charge < -0.3 is 25.8 Å². The molecular formula is C22H19N3O5. The van der Waals surface area contributed by atoms with E-state index in [4.69, 9.17) is 15.2 Å². The number of ether oxygens (including phenoxy) is 2. The molecular weight excluding hydrogens is 386 g/mol. The fraction of sp³-hybridized carbons (Fsp3) is 0.0455. The van der Waals surface area contributed by atoms with Gasteiger partial charge in [0.25, 0.3) is 5.91 Å². The van der Waals surface area contributed by atoms with Crippen LogP contribution >= 0.6 is 0 Å². The van der Waals surface area contributed by atoms with Gasteiger partial charge in [-0.2, -0.15) is 0 Å². The smallest absolute Gasteiger partial charge is 0.338 e. The van der Waals surface area contributed by atoms with Crippen molar-refractivity contribution in [1.82, 2.24) is 0 Å². The molecule has 8 nitrogen and oxygen atoms in total. The first-order chi connectivity index (χ1) is 14.5. The van der Waals surface area contributed by atoms with Crippen LogP contribution in [0.5, 0.6) is 11.5 Å². The lowest BCUT2D eigenvalue weighted by atomic mass is 10.2. The Hall–Kier alpha value is -4.33. The van der Waals surface area contributed by atoms with Crippen molar-refractivity contribution in [3.63, 3.8) is 0 Å². The maximum atomic E-state index is 12.2. The van der Waals surface area contributed by atoms with Crippen LogP contribution in [-0.2, 0) is 9.53 Å². The predicted molar refractivity (Wildman–Crippen MR) is 112 cm³/mol. The van der Waals surface area contributed by atoms with Crippen LogP contribution < -0.4 is 21.1 Å². The molecule has 0 atom stereocenters. The summed E-state index contributed by atoms with van der Waals surface area (Å²) < 4.78 is 10.8. The second-order valence-electron chi connectivity index (χ2n) is 6.10. The predicted octanol–water partition coefficient (Wildman–Crippen LogP) is 3.77. The molecule has 0 saturated heterocycles. The summed E-state index contributed by atoms with van der Waals surface area (Å²) in [5.74, 6) is -0.107. The first-order valence-corrected chi connectivity index (χ1v) is 8.97. The summed E-state index contributed by atoms with van der Waals surface area (Å²) in [6, 6.07) is 21.3. The molecule has 3 aromatic carbocycles. The SMILES string of the molecule is NC(=O)Nc1ccc(C(=O)OCC(=O)Nc2ccccc2Oc2ccccc2)cc1. The average Bonchev–Trinajstić information content (AvgIpc) is 2.74. The number of nitrogens with two attached hydrogens (primary N) is 1. The third kappa shape index (κ3) is 5.83. The summed E-state index contributed by atoms with van der Waals surface area (Å²) in [7, 11) is 0. The summed E-state index contributed by atoms with van der Waals surface area (Å²) in [6.07, 6.45) is 0. The van der Waals surface area contributed by atoms with Gasteiger partial charge in [-0.3, -0.25) is 4.79 Å². The first-order valence-electron chi connectivity index (χ1n) is 8.97. The average molecular weight is 405 g/mol. The number of nitrogens with one attached hydrogen (secondary N) is 2. The third-order valence-corrected chi connectivity index (χ3v) is 3.85. The fourth-order valence-corrected chi connectivity index (χ4v) is 2.51. The first kappa shape index (κ1) is 20.4. The van der Waals surface area contributed by atoms with Crippen molar-refractivity contribution < 1.29 is 23.9 Å². The van der Waals surface area contributed by atoms with E-state index in [1.807, 2.05) is 18.2 Å². The monoisotopic (exact) mass is 405 g/mol. The molecule has 3 aromatic rings. The van der Waals surface area contributed by atoms with Gasteiger partial charge in [-0.25, -0.2) is 9.59 Å². The second-order valence-corrected chi connectivity index (χ2v) is 6.10. The van der Waals surface area contributed by atoms with E-state index in [-0.39, 0.29) is 5.56 Å². The number of hydrogen-bond donors (Lipinski definition) is 3. The number of rotatable bonds is 7. The highest BCUT2D eigenvalue weighted by molar-refractivity contribution is 5.96. The summed E-state index contributed by atoms with van der Waals surface area (Å²) in [6.45, 7) is -0.472. The lowest BCUT2D eigenvalue weighted by molar-refractivity contribution is -0.119. The van der Waals surface area contributed by atoms with Crippen LogP contribution in [0.25, 0.3) is 0 Å². The Morgan fingerprint density at radius 3 is 2.17 bits per heavy atom. The van der Waals surface area contributed by atoms with Crippen LogP contribution in [0.2, 0.25) is 0 Å². The van der Waals surface area contributed by atoms with E-state index in [0.29, 0.717) is 22.9 Å². The Morgan fingerprint density at radius 2 is 1.47 bits per heavy atom. The highest BCUT2D eigenvalue weighted by Gasteiger charge is 2.13. The Kier molecular flexibility index (Phi) is 6.63. The van der Waals surface area contributed by atoms with Gasteiger partial charge in [-0.1, -0.05) is 30.3 Å². The van der Waals surface area contributed by atoms with Crippen LogP contribution in [0.15, 0.2) is 78.9 Å². The molecule has 3 rings (SSSR count). The summed E-state index contributed by atoms with van der Waals surface area (Å²) in [5, 5.41) is 5.05. The van der Waals surface area contributed by atoms with Gasteiger partial charge >= 0.3 is 12.0 Å². The van der Waals surface area contributed by atoms with E-state index >= 15 is 0 Å². The molecule has 0 bridgehead atoms. The molecule has 0 heterocycles. The number of benzene rings is 3. The van der Waals surface area contributed by atoms with E-state index < -0.39 is 24.5 Å². The Morgan fingerprint density at radius 1 is 0.800 bits per heavy atom. The van der Waals surface area contributed by atoms with Crippen molar-refractivity contribution in [2.45, 2.75) is 0 Å². The van der Waals surface area contributed by atoms with Crippen LogP contribution in [0.3, 0.4) is 0 Å². The summed E-state index contributed by atoms with van der Waals surface area (Å²) >= 11 is 0. The van der Waals surface area contributed by atoms with Crippen molar-refractivity contribution in [3.8, 4) is 11.5 Å². The fourth-order valence-electron chi connectivity index (χ4n) is 2.51. The standard InChI is InChI=1S/C22H19N3O5/c23-22(28)24-16-12-10-15(11-13-16)21(27)29-14-20(26)25-18-8-4-5-9-19(18)30-17-6-2-1-3-7-17/h1-13H,14H2,(H,25,26)(H3,23,24,28). The van der Waals surface area contributed by atoms with Crippen molar-refractivity contribution in [2.24, 2.45) is 5.73 Å². The maximum Gasteiger partial charge on any atom is 0.338 e. The number of carbonyl (C=O) groups is 3. The number of carbonyl (C=O) groups excluding carboxylic acids is 3. The lowest BCUT2D eigenvalue weighted by Crippen LogP contribution is -2.21. The lowest BCUT2D eigenvalue weighted by Gasteiger charge is -2.12. The highest BCUT2D eigenvalue weighted by atomic mass is 16.5. The molecule has 0 fully saturated rings. The molecule has 0 spiro atoms. The molecule has 0 radical (unpaired) electrons. The largest absolute Gasteiger partial charge is 0.455 e. The van der Waals surface area contributed by atoms with E-state index in [2.05, 4.69) is 10.6 Å². The van der Waals surface area contributed by atoms with Crippen LogP contribution in [0, 0.1) is 0 Å². The molecule has 0 aliphatic carbocycles. The Bertz CT molecular complexity index is 1040. The van der Waals surface area contributed by atoms with Gasteiger partial charge in [0, 0.05) is 5.69 Å². The van der Waals surface area contributed by atoms with E-state index in [1.165, 1.54) is 24.3 Å². The van der Waals surface area contributed by atoms with Gasteiger partial charge in [0.15, 0.2) is 12.4 Å². The number of urea groups is 1. The van der Waals surface area contributed by atoms with Crippen LogP contribution in [0.1, 0.15) is 10.4 Å². The molecule has 3 amide bonds. The summed E-state index contributed by atoms with van der Waals surface area (Å²) in [4.78, 5) is 35.1. The van der Waals surface area contributed by atoms with Gasteiger partial charge in [0.05, 0.1) is 11.3 Å². The van der Waals surface area contributed by atoms with Gasteiger partial charge in [0.2, 0.25) is 0 Å². The van der Waals surface area contributed by atoms with Crippen molar-refractivity contribution in [1.29, 1.82) is 0 Å². The van der Waals surface area contributed by atoms with Gasteiger partial charge in [-0.05, 0) is 48.5 Å². The van der Waals surface area contributed by atoms with Crippen LogP contribution in [0.4, 0.5) is 16.2 Å². The highest BCUT2D eigenvalue weighted by Crippen LogP contribution is 2.29. The molecule has 4 N–H and O–H groups in total. The Labute approximate surface area is 172 Å². The topological polar surface area (TPSA) is 120 Å². The number of esters is 1. The van der Waals surface area contributed by atoms with Crippen molar-refractivity contribution in [3.05, 3.63) is 84.4 Å². The van der Waals surface area contributed by atoms with Crippen molar-refractivity contribution in [2.75, 3.05) is 17.2 Å². The molecule has 0 aromatic heterocycles. The minimum Gasteiger partial charge on any atom is -0.455 e. The Balaban J connectivity index is 1.56. The number of para-hydroxylation sites is 3. The maximum absolute atomic E-state index is 12.2. The number of hydrogen-bond acceptors (Lipinski definition) is 5. The molecule has 30 heavy (non-hydrogen) atoms. The van der Waals surface area contributed by atoms with E-state index in [9.17, 15) is 14.4 Å². The van der Waals surface area contributed by atoms with Crippen molar-refractivity contribution >= 4 is 29.3 Å². The van der Waals surface area contributed by atoms with Crippen LogP contribution in [-0.4, -0.2) is 24.5 Å². The molecule has 0 aliphatic heterocycles. The second kappa shape index (κ2) is 9.74. The zero-order valence-corrected chi connectivity index (χ0v) is 15.8. The molecule has 0 unspecified atom stereocenters. The number of primary amides is 1. The third-order valence-electron chi connectivity index (χ3n) is 3.85. The normalized spacial score (nSPS) is 10.0. The zero-order chi connectivity index (χ0) is 21.3. The summed E-state index contributed by atoms with van der Waals surface area (Å²) in [5.41, 5.74) is 6.14. The number of amides is 3. The van der Waals surface area contributed by atoms with E-state index in [0.717, 1.165) is 0 Å². The molecule has 0 aliphatic rings. The van der Waals surface area contributed by atoms with Gasteiger partial charge in [-0.15, -0.1) is 0 Å². The molecule has 0 saturated carbocycles.